The molecular formula is C31H46N2O7S. The summed E-state index contributed by atoms with van der Waals surface area (Å²) in [5.41, 5.74) is 0.512. The van der Waals surface area contributed by atoms with Crippen molar-refractivity contribution in [1.29, 1.82) is 0 Å². The van der Waals surface area contributed by atoms with Crippen molar-refractivity contribution in [1.82, 2.24) is 5.32 Å². The molecule has 0 spiro atoms. The molecule has 9 nitrogen and oxygen atoms in total. The Balaban J connectivity index is 1.30. The lowest BCUT2D eigenvalue weighted by atomic mass is 9.81. The summed E-state index contributed by atoms with van der Waals surface area (Å²) < 4.78 is 22.0. The van der Waals surface area contributed by atoms with Crippen LogP contribution in [0.4, 0.5) is 10.5 Å². The van der Waals surface area contributed by atoms with Gasteiger partial charge in [-0.1, -0.05) is 27.7 Å². The molecule has 0 radical (unpaired) electrons. The van der Waals surface area contributed by atoms with Crippen LogP contribution < -0.4 is 10.2 Å². The molecule has 41 heavy (non-hydrogen) atoms. The highest BCUT2D eigenvalue weighted by Crippen LogP contribution is 2.42. The van der Waals surface area contributed by atoms with E-state index < -0.39 is 12.1 Å². The maximum Gasteiger partial charge on any atom is 0.407 e. The van der Waals surface area contributed by atoms with Crippen molar-refractivity contribution in [2.24, 2.45) is 17.8 Å². The van der Waals surface area contributed by atoms with Crippen LogP contribution >= 0.6 is 11.3 Å². The molecule has 4 fully saturated rings. The molecule has 0 unspecified atom stereocenters. The average Bonchev–Trinajstić information content (AvgIpc) is 3.67. The lowest BCUT2D eigenvalue weighted by molar-refractivity contribution is -0.124. The van der Waals surface area contributed by atoms with Gasteiger partial charge in [0.1, 0.15) is 11.0 Å². The number of hydrogen-bond acceptors (Lipinski definition) is 8. The average molecular weight is 591 g/mol. The molecule has 2 aliphatic carbocycles. The summed E-state index contributed by atoms with van der Waals surface area (Å²) in [6.45, 7) is 9.60. The normalized spacial score (nSPS) is 31.8. The molecule has 2 saturated carbocycles. The van der Waals surface area contributed by atoms with Crippen molar-refractivity contribution in [3.63, 3.8) is 0 Å². The summed E-state index contributed by atoms with van der Waals surface area (Å²) >= 11 is 1.43. The summed E-state index contributed by atoms with van der Waals surface area (Å²) in [5, 5.41) is 3.05. The van der Waals surface area contributed by atoms with Gasteiger partial charge in [0.15, 0.2) is 6.29 Å². The van der Waals surface area contributed by atoms with Gasteiger partial charge < -0.3 is 29.2 Å². The van der Waals surface area contributed by atoms with Gasteiger partial charge in [-0.3, -0.25) is 4.79 Å². The number of thiophene rings is 1. The van der Waals surface area contributed by atoms with Crippen LogP contribution in [0.2, 0.25) is 0 Å². The van der Waals surface area contributed by atoms with Crippen LogP contribution in [0, 0.1) is 17.8 Å². The molecule has 10 heteroatoms. The number of fused-ring (bicyclic) bond motifs is 1. The minimum Gasteiger partial charge on any atom is -0.465 e. The maximum atomic E-state index is 14.2. The quantitative estimate of drug-likeness (QED) is 0.418. The Hall–Kier alpha value is -2.17. The first-order valence-corrected chi connectivity index (χ1v) is 16.1. The zero-order valence-corrected chi connectivity index (χ0v) is 25.9. The number of methoxy groups -OCH3 is 1. The predicted molar refractivity (Wildman–Crippen MR) is 156 cm³/mol. The van der Waals surface area contributed by atoms with E-state index in [0.29, 0.717) is 29.7 Å². The molecule has 0 aromatic carbocycles. The number of ether oxygens (including phenoxy) is 4. The Morgan fingerprint density at radius 2 is 1.71 bits per heavy atom. The SMILES string of the molecule is COC(=O)c1sc(C(C)(C)C)cc1N(C(=O)[C@H]1CC[C@H](C)CC1)C1CCC(NC(=O)O[C@H]2CO[C@H]3OCC[C@H]32)CC1. The van der Waals surface area contributed by atoms with Crippen LogP contribution in [0.3, 0.4) is 0 Å². The highest BCUT2D eigenvalue weighted by molar-refractivity contribution is 7.14. The molecule has 3 atom stereocenters. The molecule has 5 rings (SSSR count). The first-order valence-electron chi connectivity index (χ1n) is 15.3. The number of carbonyl (C=O) groups is 3. The van der Waals surface area contributed by atoms with Crippen molar-refractivity contribution in [2.45, 2.75) is 115 Å². The molecule has 1 aromatic rings. The second kappa shape index (κ2) is 12.6. The third kappa shape index (κ3) is 6.75. The van der Waals surface area contributed by atoms with E-state index in [-0.39, 0.29) is 47.6 Å². The number of carbonyl (C=O) groups excluding carboxylic acids is 3. The Morgan fingerprint density at radius 3 is 2.37 bits per heavy atom. The fourth-order valence-corrected chi connectivity index (χ4v) is 7.86. The number of rotatable bonds is 6. The highest BCUT2D eigenvalue weighted by atomic mass is 32.1. The number of nitrogens with zero attached hydrogens (tertiary/aromatic N) is 1. The number of nitrogens with one attached hydrogen (secondary N) is 1. The van der Waals surface area contributed by atoms with Crippen molar-refractivity contribution in [3.8, 4) is 0 Å². The lowest BCUT2D eigenvalue weighted by Gasteiger charge is -2.39. The van der Waals surface area contributed by atoms with Crippen LogP contribution in [0.15, 0.2) is 6.07 Å². The largest absolute Gasteiger partial charge is 0.465 e. The predicted octanol–water partition coefficient (Wildman–Crippen LogP) is 5.79. The topological polar surface area (TPSA) is 103 Å². The van der Waals surface area contributed by atoms with Crippen LogP contribution in [0.5, 0.6) is 0 Å². The summed E-state index contributed by atoms with van der Waals surface area (Å²) in [5.74, 6) is 0.407. The number of hydrogen-bond donors (Lipinski definition) is 1. The maximum absolute atomic E-state index is 14.2. The first-order chi connectivity index (χ1) is 19.5. The highest BCUT2D eigenvalue weighted by Gasteiger charge is 2.44. The Bertz CT molecular complexity index is 1100. The molecule has 228 valence electrons. The third-order valence-electron chi connectivity index (χ3n) is 9.31. The van der Waals surface area contributed by atoms with Gasteiger partial charge in [-0.25, -0.2) is 9.59 Å². The van der Waals surface area contributed by atoms with Crippen LogP contribution in [0.25, 0.3) is 0 Å². The van der Waals surface area contributed by atoms with E-state index in [1.165, 1.54) is 18.4 Å². The molecule has 0 bridgehead atoms. The number of alkyl carbamates (subject to hydrolysis) is 1. The van der Waals surface area contributed by atoms with Crippen molar-refractivity contribution < 1.29 is 33.3 Å². The Labute approximate surface area is 247 Å². The number of amides is 2. The van der Waals surface area contributed by atoms with E-state index in [0.717, 1.165) is 62.7 Å². The van der Waals surface area contributed by atoms with Gasteiger partial charge in [-0.15, -0.1) is 11.3 Å². The van der Waals surface area contributed by atoms with Gasteiger partial charge in [0, 0.05) is 22.9 Å². The molecule has 2 amide bonds. The molecule has 3 heterocycles. The molecule has 1 N–H and O–H groups in total. The number of anilines is 1. The Morgan fingerprint density at radius 1 is 1.00 bits per heavy atom. The monoisotopic (exact) mass is 590 g/mol. The fraction of sp³-hybridized carbons (Fsp3) is 0.774. The van der Waals surface area contributed by atoms with Gasteiger partial charge >= 0.3 is 12.1 Å². The van der Waals surface area contributed by atoms with Crippen LogP contribution in [0.1, 0.15) is 100 Å². The zero-order valence-electron chi connectivity index (χ0n) is 25.1. The van der Waals surface area contributed by atoms with E-state index in [2.05, 4.69) is 33.0 Å². The van der Waals surface area contributed by atoms with Crippen LogP contribution in [-0.4, -0.2) is 62.8 Å². The molecule has 4 aliphatic rings. The van der Waals surface area contributed by atoms with Crippen molar-refractivity contribution >= 4 is 35.0 Å². The van der Waals surface area contributed by atoms with Gasteiger partial charge in [-0.05, 0) is 75.2 Å². The smallest absolute Gasteiger partial charge is 0.407 e. The van der Waals surface area contributed by atoms with E-state index >= 15 is 0 Å². The summed E-state index contributed by atoms with van der Waals surface area (Å²) in [4.78, 5) is 43.4. The number of esters is 1. The van der Waals surface area contributed by atoms with Gasteiger partial charge in [0.25, 0.3) is 0 Å². The second-order valence-electron chi connectivity index (χ2n) is 13.4. The standard InChI is InChI=1S/C31H46N2O7S/c1-18-6-8-19(9-7-18)27(34)33(23-16-25(31(2,3)4)41-26(23)28(35)37-5)21-12-10-20(11-13-21)32-30(36)40-24-17-39-29-22(24)14-15-38-29/h16,18-22,24,29H,6-15,17H2,1-5H3,(H,32,36)/t18-,19-,20?,21?,22-,24-,29+/m0/s1. The van der Waals surface area contributed by atoms with E-state index in [9.17, 15) is 14.4 Å². The van der Waals surface area contributed by atoms with Gasteiger partial charge in [-0.2, -0.15) is 0 Å². The van der Waals surface area contributed by atoms with Crippen molar-refractivity contribution in [2.75, 3.05) is 25.2 Å². The summed E-state index contributed by atoms with van der Waals surface area (Å²) in [6, 6.07) is 1.95. The Kier molecular flexibility index (Phi) is 9.31. The van der Waals surface area contributed by atoms with Gasteiger partial charge in [0.2, 0.25) is 5.91 Å². The minimum absolute atomic E-state index is 0.0307. The third-order valence-corrected chi connectivity index (χ3v) is 10.8. The van der Waals surface area contributed by atoms with E-state index in [1.54, 1.807) is 0 Å². The molecular weight excluding hydrogens is 544 g/mol. The van der Waals surface area contributed by atoms with E-state index in [1.807, 2.05) is 11.0 Å². The second-order valence-corrected chi connectivity index (χ2v) is 14.4. The fourth-order valence-electron chi connectivity index (χ4n) is 6.73. The van der Waals surface area contributed by atoms with Gasteiger partial charge in [0.05, 0.1) is 31.9 Å². The summed E-state index contributed by atoms with van der Waals surface area (Å²) in [6.07, 6.45) is 6.64. The first kappa shape index (κ1) is 30.3. The summed E-state index contributed by atoms with van der Waals surface area (Å²) in [7, 11) is 1.39. The van der Waals surface area contributed by atoms with Crippen LogP contribution in [-0.2, 0) is 29.2 Å². The molecule has 2 aliphatic heterocycles. The minimum atomic E-state index is -0.417. The molecule has 1 aromatic heterocycles. The van der Waals surface area contributed by atoms with Crippen molar-refractivity contribution in [3.05, 3.63) is 15.8 Å². The molecule has 2 saturated heterocycles. The zero-order chi connectivity index (χ0) is 29.3. The lowest BCUT2D eigenvalue weighted by Crippen LogP contribution is -2.49. The van der Waals surface area contributed by atoms with E-state index in [4.69, 9.17) is 18.9 Å².